The van der Waals surface area contributed by atoms with Gasteiger partial charge in [0.1, 0.15) is 0 Å². The number of piperazine rings is 1. The van der Waals surface area contributed by atoms with Gasteiger partial charge in [0.05, 0.1) is 17.2 Å². The van der Waals surface area contributed by atoms with E-state index in [0.29, 0.717) is 13.1 Å². The Morgan fingerprint density at radius 2 is 1.80 bits per heavy atom. The molecule has 0 spiro atoms. The smallest absolute Gasteiger partial charge is 0.236 e. The van der Waals surface area contributed by atoms with Crippen molar-refractivity contribution in [1.29, 1.82) is 0 Å². The third-order valence-corrected chi connectivity index (χ3v) is 7.05. The van der Waals surface area contributed by atoms with Crippen LogP contribution in [0.15, 0.2) is 23.6 Å². The fraction of sp³-hybridized carbons (Fsp3) is 0.583. The normalized spacial score (nSPS) is 16.1. The standard InChI is InChI=1S/C24H36N4OS/c1-18-7-8-20(19(2)13-18)14-26(6)22(29)16-28-11-9-27(10-12-28)15-21-17-30-23(25-21)24(3,4)5/h7-8,13,17H,9-12,14-16H2,1-6H3. The van der Waals surface area contributed by atoms with Crippen molar-refractivity contribution < 1.29 is 4.79 Å². The molecule has 1 aromatic heterocycles. The third kappa shape index (κ3) is 6.13. The van der Waals surface area contributed by atoms with Gasteiger partial charge < -0.3 is 4.90 Å². The summed E-state index contributed by atoms with van der Waals surface area (Å²) in [5.41, 5.74) is 5.02. The highest BCUT2D eigenvalue weighted by molar-refractivity contribution is 7.09. The van der Waals surface area contributed by atoms with Crippen LogP contribution >= 0.6 is 11.3 Å². The van der Waals surface area contributed by atoms with E-state index in [0.717, 1.165) is 32.7 Å². The Kier molecular flexibility index (Phi) is 7.32. The predicted molar refractivity (Wildman–Crippen MR) is 125 cm³/mol. The van der Waals surface area contributed by atoms with E-state index in [1.807, 2.05) is 11.9 Å². The van der Waals surface area contributed by atoms with E-state index in [9.17, 15) is 4.79 Å². The molecule has 2 aromatic rings. The maximum absolute atomic E-state index is 12.7. The number of aromatic nitrogens is 1. The van der Waals surface area contributed by atoms with E-state index in [1.165, 1.54) is 27.4 Å². The molecular weight excluding hydrogens is 392 g/mol. The molecule has 1 amide bonds. The molecule has 30 heavy (non-hydrogen) atoms. The summed E-state index contributed by atoms with van der Waals surface area (Å²) >= 11 is 1.76. The Hall–Kier alpha value is -1.76. The number of aryl methyl sites for hydroxylation is 2. The fourth-order valence-electron chi connectivity index (χ4n) is 3.74. The minimum Gasteiger partial charge on any atom is -0.340 e. The van der Waals surface area contributed by atoms with Gasteiger partial charge in [-0.1, -0.05) is 44.5 Å². The number of amides is 1. The Morgan fingerprint density at radius 3 is 2.40 bits per heavy atom. The van der Waals surface area contributed by atoms with Crippen molar-refractivity contribution in [2.24, 2.45) is 0 Å². The van der Waals surface area contributed by atoms with Gasteiger partial charge in [0.2, 0.25) is 5.91 Å². The van der Waals surface area contributed by atoms with Crippen LogP contribution in [0.3, 0.4) is 0 Å². The zero-order valence-electron chi connectivity index (χ0n) is 19.4. The van der Waals surface area contributed by atoms with Crippen LogP contribution in [0.4, 0.5) is 0 Å². The molecule has 6 heteroatoms. The minimum absolute atomic E-state index is 0.116. The van der Waals surface area contributed by atoms with Crippen molar-refractivity contribution >= 4 is 17.2 Å². The molecule has 1 fully saturated rings. The summed E-state index contributed by atoms with van der Waals surface area (Å²) in [6, 6.07) is 6.43. The SMILES string of the molecule is Cc1ccc(CN(C)C(=O)CN2CCN(Cc3csc(C(C)(C)C)n3)CC2)c(C)c1. The highest BCUT2D eigenvalue weighted by atomic mass is 32.1. The molecule has 1 aromatic carbocycles. The molecular formula is C24H36N4OS. The Bertz CT molecular complexity index is 862. The number of carbonyl (C=O) groups excluding carboxylic acids is 1. The average Bonchev–Trinajstić information content (AvgIpc) is 3.14. The van der Waals surface area contributed by atoms with Gasteiger partial charge >= 0.3 is 0 Å². The summed E-state index contributed by atoms with van der Waals surface area (Å²) in [5, 5.41) is 3.40. The number of carbonyl (C=O) groups is 1. The highest BCUT2D eigenvalue weighted by Crippen LogP contribution is 2.26. The fourth-order valence-corrected chi connectivity index (χ4v) is 4.64. The molecule has 0 bridgehead atoms. The molecule has 164 valence electrons. The lowest BCUT2D eigenvalue weighted by Crippen LogP contribution is -2.49. The van der Waals surface area contributed by atoms with Gasteiger partial charge in [-0.25, -0.2) is 4.98 Å². The Labute approximate surface area is 185 Å². The molecule has 3 rings (SSSR count). The Morgan fingerprint density at radius 1 is 1.13 bits per heavy atom. The largest absolute Gasteiger partial charge is 0.340 e. The van der Waals surface area contributed by atoms with Crippen molar-refractivity contribution in [3.05, 3.63) is 51.0 Å². The second-order valence-electron chi connectivity index (χ2n) is 9.63. The second kappa shape index (κ2) is 9.58. The van der Waals surface area contributed by atoms with Crippen LogP contribution in [0.5, 0.6) is 0 Å². The van der Waals surface area contributed by atoms with Gasteiger partial charge in [-0.3, -0.25) is 14.6 Å². The monoisotopic (exact) mass is 428 g/mol. The number of hydrogen-bond acceptors (Lipinski definition) is 5. The van der Waals surface area contributed by atoms with Gasteiger partial charge in [-0.2, -0.15) is 0 Å². The van der Waals surface area contributed by atoms with Crippen LogP contribution in [-0.2, 0) is 23.3 Å². The minimum atomic E-state index is 0.116. The molecule has 0 saturated carbocycles. The lowest BCUT2D eigenvalue weighted by molar-refractivity contribution is -0.132. The van der Waals surface area contributed by atoms with Gasteiger partial charge in [0.25, 0.3) is 0 Å². The summed E-state index contributed by atoms with van der Waals surface area (Å²) in [5.74, 6) is 0.192. The average molecular weight is 429 g/mol. The zero-order chi connectivity index (χ0) is 21.9. The summed E-state index contributed by atoms with van der Waals surface area (Å²) < 4.78 is 0. The van der Waals surface area contributed by atoms with Crippen LogP contribution in [0.1, 0.15) is 48.2 Å². The van der Waals surface area contributed by atoms with Crippen molar-refractivity contribution in [3.8, 4) is 0 Å². The van der Waals surface area contributed by atoms with Gasteiger partial charge in [0, 0.05) is 57.1 Å². The second-order valence-corrected chi connectivity index (χ2v) is 10.5. The van der Waals surface area contributed by atoms with E-state index >= 15 is 0 Å². The molecule has 0 atom stereocenters. The van der Waals surface area contributed by atoms with Crippen LogP contribution in [0.2, 0.25) is 0 Å². The molecule has 0 radical (unpaired) electrons. The van der Waals surface area contributed by atoms with Crippen molar-refractivity contribution in [1.82, 2.24) is 19.7 Å². The number of likely N-dealkylation sites (N-methyl/N-ethyl adjacent to an activating group) is 1. The quantitative estimate of drug-likeness (QED) is 0.701. The van der Waals surface area contributed by atoms with Crippen LogP contribution < -0.4 is 0 Å². The third-order valence-electron chi connectivity index (χ3n) is 5.73. The topological polar surface area (TPSA) is 39.7 Å². The summed E-state index contributed by atoms with van der Waals surface area (Å²) in [7, 11) is 1.91. The molecule has 1 saturated heterocycles. The first kappa shape index (κ1) is 22.9. The molecule has 0 unspecified atom stereocenters. The number of benzene rings is 1. The number of nitrogens with zero attached hydrogens (tertiary/aromatic N) is 4. The molecule has 5 nitrogen and oxygen atoms in total. The zero-order valence-corrected chi connectivity index (χ0v) is 20.2. The van der Waals surface area contributed by atoms with Crippen molar-refractivity contribution in [2.75, 3.05) is 39.8 Å². The first-order valence-electron chi connectivity index (χ1n) is 10.8. The Balaban J connectivity index is 1.44. The lowest BCUT2D eigenvalue weighted by Gasteiger charge is -2.34. The summed E-state index contributed by atoms with van der Waals surface area (Å²) in [4.78, 5) is 24.1. The molecule has 0 aliphatic carbocycles. The molecule has 1 aliphatic heterocycles. The molecule has 2 heterocycles. The predicted octanol–water partition coefficient (Wildman–Crippen LogP) is 3.83. The van der Waals surface area contributed by atoms with Crippen molar-refractivity contribution in [3.63, 3.8) is 0 Å². The first-order valence-corrected chi connectivity index (χ1v) is 11.7. The summed E-state index contributed by atoms with van der Waals surface area (Å²) in [6.45, 7) is 16.8. The van der Waals surface area contributed by atoms with E-state index in [2.05, 4.69) is 68.0 Å². The van der Waals surface area contributed by atoms with Gasteiger partial charge in [-0.15, -0.1) is 11.3 Å². The van der Waals surface area contributed by atoms with E-state index in [4.69, 9.17) is 4.98 Å². The maximum atomic E-state index is 12.7. The number of rotatable bonds is 6. The maximum Gasteiger partial charge on any atom is 0.236 e. The van der Waals surface area contributed by atoms with Crippen LogP contribution in [-0.4, -0.2) is 65.4 Å². The van der Waals surface area contributed by atoms with Crippen molar-refractivity contribution in [2.45, 2.75) is 53.1 Å². The number of hydrogen-bond donors (Lipinski definition) is 0. The van der Waals surface area contributed by atoms with Crippen LogP contribution in [0.25, 0.3) is 0 Å². The summed E-state index contributed by atoms with van der Waals surface area (Å²) in [6.07, 6.45) is 0. The van der Waals surface area contributed by atoms with E-state index in [-0.39, 0.29) is 11.3 Å². The van der Waals surface area contributed by atoms with E-state index in [1.54, 1.807) is 11.3 Å². The van der Waals surface area contributed by atoms with Gasteiger partial charge in [0.15, 0.2) is 0 Å². The highest BCUT2D eigenvalue weighted by Gasteiger charge is 2.23. The lowest BCUT2D eigenvalue weighted by atomic mass is 9.98. The van der Waals surface area contributed by atoms with Crippen LogP contribution in [0, 0.1) is 13.8 Å². The molecule has 1 aliphatic rings. The van der Waals surface area contributed by atoms with Gasteiger partial charge in [-0.05, 0) is 25.0 Å². The molecule has 0 N–H and O–H groups in total. The number of thiazole rings is 1. The van der Waals surface area contributed by atoms with E-state index < -0.39 is 0 Å². The first-order chi connectivity index (χ1) is 14.1.